The van der Waals surface area contributed by atoms with Gasteiger partial charge >= 0.3 is 6.09 Å². The van der Waals surface area contributed by atoms with Gasteiger partial charge in [0.05, 0.1) is 34.1 Å². The van der Waals surface area contributed by atoms with Crippen LogP contribution in [-0.2, 0) is 21.2 Å². The summed E-state index contributed by atoms with van der Waals surface area (Å²) in [5.74, 6) is 1.52. The molecule has 4 aromatic rings. The highest BCUT2D eigenvalue weighted by Gasteiger charge is 2.47. The Balaban J connectivity index is 1.39. The number of nitrogens with zero attached hydrogens (tertiary/aromatic N) is 1. The zero-order valence-electron chi connectivity index (χ0n) is 30.4. The van der Waals surface area contributed by atoms with Crippen LogP contribution in [-0.4, -0.2) is 73.7 Å². The molecular weight excluding hydrogens is 652 g/mol. The van der Waals surface area contributed by atoms with Crippen molar-refractivity contribution in [2.45, 2.75) is 70.2 Å². The molecule has 0 bridgehead atoms. The van der Waals surface area contributed by atoms with Gasteiger partial charge in [-0.05, 0) is 74.7 Å². The number of alkyl carbamates (subject to hydrolysis) is 1. The SMILES string of the molecule is COc1ccc(/C=C\c2cc(OC)c(OC)c(OC)c2)cc1NC(=O)[C@H](Cc1c[nH]c2ccccc12)NC(=O)OC1CC(C)(C)N([O])C(C)(C)C1. The molecule has 5 rings (SSSR count). The van der Waals surface area contributed by atoms with E-state index in [1.807, 2.05) is 88.5 Å². The van der Waals surface area contributed by atoms with Crippen molar-refractivity contribution in [2.24, 2.45) is 0 Å². The average Bonchev–Trinajstić information content (AvgIpc) is 3.51. The van der Waals surface area contributed by atoms with Crippen LogP contribution < -0.4 is 29.6 Å². The third-order valence-electron chi connectivity index (χ3n) is 9.17. The first-order valence-corrected chi connectivity index (χ1v) is 16.7. The number of aromatic nitrogens is 1. The number of nitrogens with one attached hydrogen (secondary N) is 3. The molecule has 271 valence electrons. The maximum atomic E-state index is 14.1. The molecule has 12 nitrogen and oxygen atoms in total. The van der Waals surface area contributed by atoms with E-state index in [9.17, 15) is 14.8 Å². The molecule has 2 amide bonds. The maximum absolute atomic E-state index is 14.1. The number of rotatable bonds is 12. The Hall–Kier alpha value is -5.20. The van der Waals surface area contributed by atoms with Crippen LogP contribution in [0.15, 0.2) is 60.8 Å². The van der Waals surface area contributed by atoms with Crippen molar-refractivity contribution in [3.8, 4) is 23.0 Å². The number of piperidine rings is 1. The molecular formula is C39H47N4O8. The molecule has 1 aliphatic heterocycles. The minimum absolute atomic E-state index is 0.185. The van der Waals surface area contributed by atoms with Crippen LogP contribution >= 0.6 is 0 Å². The predicted octanol–water partition coefficient (Wildman–Crippen LogP) is 7.02. The summed E-state index contributed by atoms with van der Waals surface area (Å²) in [6.45, 7) is 7.35. The molecule has 1 saturated heterocycles. The number of ether oxygens (including phenoxy) is 5. The minimum Gasteiger partial charge on any atom is -0.495 e. The van der Waals surface area contributed by atoms with Gasteiger partial charge in [-0.2, -0.15) is 0 Å². The van der Waals surface area contributed by atoms with Crippen LogP contribution in [0.1, 0.15) is 57.2 Å². The number of aromatic amines is 1. The number of methoxy groups -OCH3 is 4. The van der Waals surface area contributed by atoms with Crippen molar-refractivity contribution < 1.29 is 38.5 Å². The van der Waals surface area contributed by atoms with Gasteiger partial charge in [-0.1, -0.05) is 36.4 Å². The zero-order chi connectivity index (χ0) is 36.9. The summed E-state index contributed by atoms with van der Waals surface area (Å²) in [7, 11) is 6.18. The Morgan fingerprint density at radius 2 is 1.49 bits per heavy atom. The number of H-pyrrole nitrogens is 1. The number of hydrogen-bond donors (Lipinski definition) is 3. The number of carbonyl (C=O) groups is 2. The van der Waals surface area contributed by atoms with E-state index >= 15 is 0 Å². The summed E-state index contributed by atoms with van der Waals surface area (Å²) in [4.78, 5) is 30.7. The Morgan fingerprint density at radius 1 is 0.863 bits per heavy atom. The van der Waals surface area contributed by atoms with Gasteiger partial charge in [0.25, 0.3) is 0 Å². The van der Waals surface area contributed by atoms with Gasteiger partial charge in [0.15, 0.2) is 11.5 Å². The fraction of sp³-hybridized carbons (Fsp3) is 0.385. The first kappa shape index (κ1) is 37.1. The monoisotopic (exact) mass is 699 g/mol. The van der Waals surface area contributed by atoms with Crippen molar-refractivity contribution in [1.82, 2.24) is 15.4 Å². The van der Waals surface area contributed by atoms with Crippen molar-refractivity contribution in [2.75, 3.05) is 33.8 Å². The Kier molecular flexibility index (Phi) is 11.2. The van der Waals surface area contributed by atoms with E-state index < -0.39 is 35.2 Å². The molecule has 3 aromatic carbocycles. The highest BCUT2D eigenvalue weighted by molar-refractivity contribution is 5.99. The van der Waals surface area contributed by atoms with Gasteiger partial charge in [-0.3, -0.25) is 4.79 Å². The summed E-state index contributed by atoms with van der Waals surface area (Å²) >= 11 is 0. The first-order valence-electron chi connectivity index (χ1n) is 16.7. The van der Waals surface area contributed by atoms with E-state index in [1.165, 1.54) is 7.11 Å². The third kappa shape index (κ3) is 8.41. The van der Waals surface area contributed by atoms with E-state index in [1.54, 1.807) is 33.5 Å². The molecule has 0 spiro atoms. The normalized spacial score (nSPS) is 16.4. The number of fused-ring (bicyclic) bond motifs is 1. The van der Waals surface area contributed by atoms with Crippen LogP contribution in [0.5, 0.6) is 23.0 Å². The summed E-state index contributed by atoms with van der Waals surface area (Å²) in [6.07, 6.45) is 5.26. The van der Waals surface area contributed by atoms with Gasteiger partial charge in [-0.25, -0.2) is 4.79 Å². The summed E-state index contributed by atoms with van der Waals surface area (Å²) in [5.41, 5.74) is 2.30. The van der Waals surface area contributed by atoms with Crippen LogP contribution in [0.2, 0.25) is 0 Å². The van der Waals surface area contributed by atoms with Gasteiger partial charge in [0.1, 0.15) is 17.9 Å². The molecule has 3 N–H and O–H groups in total. The van der Waals surface area contributed by atoms with Gasteiger partial charge in [0.2, 0.25) is 11.7 Å². The van der Waals surface area contributed by atoms with Crippen LogP contribution in [0, 0.1) is 0 Å². The zero-order valence-corrected chi connectivity index (χ0v) is 30.4. The molecule has 0 unspecified atom stereocenters. The number of hydrogen-bond acceptors (Lipinski definition) is 8. The molecule has 1 fully saturated rings. The second-order valence-corrected chi connectivity index (χ2v) is 13.9. The first-order chi connectivity index (χ1) is 24.3. The number of hydroxylamine groups is 2. The van der Waals surface area contributed by atoms with Crippen molar-refractivity contribution in [3.63, 3.8) is 0 Å². The van der Waals surface area contributed by atoms with Crippen LogP contribution in [0.4, 0.5) is 10.5 Å². The van der Waals surface area contributed by atoms with Crippen molar-refractivity contribution in [3.05, 3.63) is 77.5 Å². The Labute approximate surface area is 298 Å². The molecule has 12 heteroatoms. The molecule has 51 heavy (non-hydrogen) atoms. The topological polar surface area (TPSA) is 143 Å². The second-order valence-electron chi connectivity index (χ2n) is 13.9. The number of anilines is 1. The summed E-state index contributed by atoms with van der Waals surface area (Å²) < 4.78 is 27.9. The number of amides is 2. The smallest absolute Gasteiger partial charge is 0.408 e. The summed E-state index contributed by atoms with van der Waals surface area (Å²) in [5, 5.41) is 20.7. The number of carbonyl (C=O) groups excluding carboxylic acids is 2. The van der Waals surface area contributed by atoms with Gasteiger partial charge in [0, 0.05) is 47.4 Å². The van der Waals surface area contributed by atoms with Gasteiger partial charge in [-0.15, -0.1) is 10.3 Å². The highest BCUT2D eigenvalue weighted by Crippen LogP contribution is 2.40. The third-order valence-corrected chi connectivity index (χ3v) is 9.17. The largest absolute Gasteiger partial charge is 0.495 e. The highest BCUT2D eigenvalue weighted by atomic mass is 16.6. The number of benzene rings is 3. The molecule has 1 radical (unpaired) electrons. The lowest BCUT2D eigenvalue weighted by Crippen LogP contribution is -2.60. The molecule has 1 atom stereocenters. The van der Waals surface area contributed by atoms with Crippen LogP contribution in [0.3, 0.4) is 0 Å². The fourth-order valence-corrected chi connectivity index (χ4v) is 6.85. The second kappa shape index (κ2) is 15.4. The molecule has 2 heterocycles. The van der Waals surface area contributed by atoms with Crippen LogP contribution in [0.25, 0.3) is 23.1 Å². The van der Waals surface area contributed by atoms with E-state index in [2.05, 4.69) is 15.6 Å². The maximum Gasteiger partial charge on any atom is 0.408 e. The quantitative estimate of drug-likeness (QED) is 0.134. The van der Waals surface area contributed by atoms with E-state index in [4.69, 9.17) is 23.7 Å². The predicted molar refractivity (Wildman–Crippen MR) is 196 cm³/mol. The number of para-hydroxylation sites is 1. The minimum atomic E-state index is -1.01. The van der Waals surface area contributed by atoms with E-state index in [0.717, 1.165) is 32.7 Å². The standard InChI is InChI=1S/C39H47N4O8/c1-38(2)21-27(22-39(3,4)43(38)46)51-37(45)42-31(20-26-23-40-29-12-10-9-11-28(26)29)36(44)41-30-17-24(15-16-32(30)47-5)13-14-25-18-33(48-6)35(50-8)34(19-25)49-7/h9-19,23,27,31,40H,20-22H2,1-8H3,(H,41,44)(H,42,45)/b14-13-/t31-/m0/s1. The lowest BCUT2D eigenvalue weighted by molar-refractivity contribution is -0.298. The molecule has 0 saturated carbocycles. The molecule has 1 aliphatic rings. The van der Waals surface area contributed by atoms with E-state index in [-0.39, 0.29) is 6.42 Å². The Bertz CT molecular complexity index is 1860. The van der Waals surface area contributed by atoms with Crippen molar-refractivity contribution in [1.29, 1.82) is 0 Å². The average molecular weight is 700 g/mol. The molecule has 1 aromatic heterocycles. The fourth-order valence-electron chi connectivity index (χ4n) is 6.85. The lowest BCUT2D eigenvalue weighted by Gasteiger charge is -2.49. The van der Waals surface area contributed by atoms with Gasteiger partial charge < -0.3 is 39.3 Å². The summed E-state index contributed by atoms with van der Waals surface area (Å²) in [6, 6.07) is 15.8. The Morgan fingerprint density at radius 3 is 2.12 bits per heavy atom. The molecule has 0 aliphatic carbocycles. The van der Waals surface area contributed by atoms with Crippen molar-refractivity contribution >= 4 is 40.7 Å². The van der Waals surface area contributed by atoms with E-state index in [0.29, 0.717) is 41.5 Å². The lowest BCUT2D eigenvalue weighted by atomic mass is 9.80.